The molecule has 1 fully saturated rings. The van der Waals surface area contributed by atoms with Crippen LogP contribution in [-0.2, 0) is 12.6 Å². The molecule has 1 aliphatic rings. The van der Waals surface area contributed by atoms with E-state index in [1.54, 1.807) is 7.05 Å². The van der Waals surface area contributed by atoms with E-state index in [0.29, 0.717) is 21.1 Å². The van der Waals surface area contributed by atoms with Crippen LogP contribution in [0.5, 0.6) is 0 Å². The van der Waals surface area contributed by atoms with Crippen molar-refractivity contribution in [1.82, 2.24) is 20.1 Å². The molecule has 1 aliphatic carbocycles. The van der Waals surface area contributed by atoms with Crippen molar-refractivity contribution in [1.29, 1.82) is 0 Å². The van der Waals surface area contributed by atoms with Crippen LogP contribution in [-0.4, -0.2) is 20.7 Å². The fraction of sp³-hybridized carbons (Fsp3) is 0.333. The second-order valence-corrected chi connectivity index (χ2v) is 9.41. The molecule has 0 bridgehead atoms. The number of carbonyl (C=O) groups excluding carboxylic acids is 1. The van der Waals surface area contributed by atoms with Gasteiger partial charge >= 0.3 is 0 Å². The van der Waals surface area contributed by atoms with Gasteiger partial charge < -0.3 is 5.32 Å². The lowest BCUT2D eigenvalue weighted by atomic mass is 10.0. The van der Waals surface area contributed by atoms with Crippen molar-refractivity contribution in [3.63, 3.8) is 0 Å². The molecule has 1 aromatic carbocycles. The summed E-state index contributed by atoms with van der Waals surface area (Å²) in [5.41, 5.74) is 3.29. The molecule has 29 heavy (non-hydrogen) atoms. The van der Waals surface area contributed by atoms with Crippen LogP contribution in [0.25, 0.3) is 10.6 Å². The summed E-state index contributed by atoms with van der Waals surface area (Å²) in [6.07, 6.45) is 1.82. The zero-order chi connectivity index (χ0) is 20.9. The number of benzene rings is 1. The molecule has 150 valence electrons. The number of hydrogen-bond donors (Lipinski definition) is 1. The second kappa shape index (κ2) is 7.18. The number of nitrogens with one attached hydrogen (secondary N) is 1. The molecule has 1 amide bonds. The van der Waals surface area contributed by atoms with Crippen LogP contribution in [0.4, 0.5) is 0 Å². The average molecular weight is 473 g/mol. The Morgan fingerprint density at radius 3 is 2.45 bits per heavy atom. The first-order valence-corrected chi connectivity index (χ1v) is 10.9. The number of thiazole rings is 1. The van der Waals surface area contributed by atoms with Crippen molar-refractivity contribution in [3.8, 4) is 10.6 Å². The second-order valence-electron chi connectivity index (χ2n) is 7.49. The quantitative estimate of drug-likeness (QED) is 0.621. The van der Waals surface area contributed by atoms with Crippen molar-refractivity contribution in [2.75, 3.05) is 0 Å². The van der Waals surface area contributed by atoms with E-state index in [0.717, 1.165) is 34.1 Å². The van der Waals surface area contributed by atoms with Crippen LogP contribution in [0.2, 0.25) is 0 Å². The molecule has 0 unspecified atom stereocenters. The third-order valence-corrected chi connectivity index (χ3v) is 7.14. The Hall–Kier alpha value is -2.32. The molecule has 0 aliphatic heterocycles. The number of carbonyl (C=O) groups is 1. The van der Waals surface area contributed by atoms with E-state index < -0.39 is 0 Å². The Labute approximate surface area is 181 Å². The van der Waals surface area contributed by atoms with E-state index >= 15 is 0 Å². The molecule has 3 aromatic rings. The minimum absolute atomic E-state index is 0.146. The Morgan fingerprint density at radius 1 is 1.17 bits per heavy atom. The maximum Gasteiger partial charge on any atom is 0.277 e. The van der Waals surface area contributed by atoms with Crippen molar-refractivity contribution >= 4 is 33.2 Å². The molecule has 6 nitrogen and oxygen atoms in total. The van der Waals surface area contributed by atoms with Crippen LogP contribution in [0.1, 0.15) is 45.0 Å². The molecule has 0 radical (unpaired) electrons. The molecule has 0 atom stereocenters. The lowest BCUT2D eigenvalue weighted by Crippen LogP contribution is -2.34. The third kappa shape index (κ3) is 3.55. The van der Waals surface area contributed by atoms with Gasteiger partial charge in [0.05, 0.1) is 22.5 Å². The van der Waals surface area contributed by atoms with Gasteiger partial charge in [-0.15, -0.1) is 11.3 Å². The summed E-state index contributed by atoms with van der Waals surface area (Å²) in [6, 6.07) is 8.05. The van der Waals surface area contributed by atoms with Crippen LogP contribution in [0.3, 0.4) is 0 Å². The van der Waals surface area contributed by atoms with Gasteiger partial charge in [0.2, 0.25) is 0 Å². The highest BCUT2D eigenvalue weighted by atomic mass is 79.9. The van der Waals surface area contributed by atoms with Crippen LogP contribution in [0, 0.1) is 20.8 Å². The smallest absolute Gasteiger partial charge is 0.277 e. The minimum atomic E-state index is -0.312. The highest BCUT2D eigenvalue weighted by molar-refractivity contribution is 9.10. The van der Waals surface area contributed by atoms with Gasteiger partial charge in [-0.25, -0.2) is 9.67 Å². The van der Waals surface area contributed by atoms with E-state index in [-0.39, 0.29) is 17.0 Å². The minimum Gasteiger partial charge on any atom is -0.342 e. The summed E-state index contributed by atoms with van der Waals surface area (Å²) in [7, 11) is 1.63. The van der Waals surface area contributed by atoms with Gasteiger partial charge in [-0.3, -0.25) is 9.59 Å². The molecular formula is C21H21BrN4O2S. The number of aromatic nitrogens is 3. The molecule has 1 saturated carbocycles. The molecule has 0 saturated heterocycles. The van der Waals surface area contributed by atoms with Crippen molar-refractivity contribution < 1.29 is 4.79 Å². The Bertz CT molecular complexity index is 1180. The van der Waals surface area contributed by atoms with Gasteiger partial charge in [0.25, 0.3) is 11.5 Å². The van der Waals surface area contributed by atoms with E-state index in [4.69, 9.17) is 0 Å². The fourth-order valence-corrected chi connectivity index (χ4v) is 4.79. The maximum atomic E-state index is 13.1. The lowest BCUT2D eigenvalue weighted by Gasteiger charge is -2.17. The van der Waals surface area contributed by atoms with Gasteiger partial charge in [0, 0.05) is 11.5 Å². The standard InChI is InChI=1S/C21H21BrN4O2S/c1-11-12(2)25-26(4)20(28)16(11)19-23-13(3)17(29-19)18(27)24-21(9-10-21)14-5-7-15(22)8-6-14/h5-8H,9-10H2,1-4H3,(H,24,27). The molecule has 4 rings (SSSR count). The van der Waals surface area contributed by atoms with Crippen molar-refractivity contribution in [3.05, 3.63) is 66.5 Å². The summed E-state index contributed by atoms with van der Waals surface area (Å²) in [4.78, 5) is 30.8. The van der Waals surface area contributed by atoms with Gasteiger partial charge in [0.15, 0.2) is 0 Å². The van der Waals surface area contributed by atoms with Crippen LogP contribution in [0.15, 0.2) is 33.5 Å². The first kappa shape index (κ1) is 20.0. The molecule has 8 heteroatoms. The predicted octanol–water partition coefficient (Wildman–Crippen LogP) is 4.01. The largest absolute Gasteiger partial charge is 0.342 e. The molecule has 2 aromatic heterocycles. The summed E-state index contributed by atoms with van der Waals surface area (Å²) >= 11 is 4.71. The van der Waals surface area contributed by atoms with E-state index in [1.165, 1.54) is 16.0 Å². The Kier molecular flexibility index (Phi) is 4.94. The highest BCUT2D eigenvalue weighted by Crippen LogP contribution is 2.46. The first-order chi connectivity index (χ1) is 13.7. The highest BCUT2D eigenvalue weighted by Gasteiger charge is 2.46. The molecular weight excluding hydrogens is 452 g/mol. The number of rotatable bonds is 4. The number of aryl methyl sites for hydroxylation is 3. The number of halogens is 1. The van der Waals surface area contributed by atoms with Gasteiger partial charge in [0.1, 0.15) is 9.88 Å². The van der Waals surface area contributed by atoms with Gasteiger partial charge in [-0.1, -0.05) is 28.1 Å². The summed E-state index contributed by atoms with van der Waals surface area (Å²) < 4.78 is 2.33. The van der Waals surface area contributed by atoms with Crippen LogP contribution < -0.4 is 10.9 Å². The summed E-state index contributed by atoms with van der Waals surface area (Å²) in [5, 5.41) is 7.98. The first-order valence-electron chi connectivity index (χ1n) is 9.33. The fourth-order valence-electron chi connectivity index (χ4n) is 3.47. The summed E-state index contributed by atoms with van der Waals surface area (Å²) in [5.74, 6) is -0.146. The van der Waals surface area contributed by atoms with Crippen molar-refractivity contribution in [2.45, 2.75) is 39.2 Å². The monoisotopic (exact) mass is 472 g/mol. The van der Waals surface area contributed by atoms with E-state index in [1.807, 2.05) is 45.0 Å². The zero-order valence-electron chi connectivity index (χ0n) is 16.7. The molecule has 1 N–H and O–H groups in total. The van der Waals surface area contributed by atoms with Gasteiger partial charge in [-0.2, -0.15) is 5.10 Å². The normalized spacial score (nSPS) is 14.7. The van der Waals surface area contributed by atoms with Crippen molar-refractivity contribution in [2.24, 2.45) is 7.05 Å². The molecule has 0 spiro atoms. The van der Waals surface area contributed by atoms with Gasteiger partial charge in [-0.05, 0) is 56.9 Å². The predicted molar refractivity (Wildman–Crippen MR) is 117 cm³/mol. The Balaban J connectivity index is 1.67. The Morgan fingerprint density at radius 2 is 1.83 bits per heavy atom. The van der Waals surface area contributed by atoms with E-state index in [2.05, 4.69) is 31.3 Å². The average Bonchev–Trinajstić information content (AvgIpc) is 3.35. The maximum absolute atomic E-state index is 13.1. The lowest BCUT2D eigenvalue weighted by molar-refractivity contribution is 0.0934. The topological polar surface area (TPSA) is 76.9 Å². The molecule has 2 heterocycles. The SMILES string of the molecule is Cc1nc(-c2c(C)c(C)nn(C)c2=O)sc1C(=O)NC1(c2ccc(Br)cc2)CC1. The third-order valence-electron chi connectivity index (χ3n) is 5.44. The number of hydrogen-bond acceptors (Lipinski definition) is 5. The summed E-state index contributed by atoms with van der Waals surface area (Å²) in [6.45, 7) is 5.53. The van der Waals surface area contributed by atoms with E-state index in [9.17, 15) is 9.59 Å². The zero-order valence-corrected chi connectivity index (χ0v) is 19.1. The number of amides is 1. The number of nitrogens with zero attached hydrogens (tertiary/aromatic N) is 3. The van der Waals surface area contributed by atoms with Crippen LogP contribution >= 0.6 is 27.3 Å².